The van der Waals surface area contributed by atoms with E-state index in [1.165, 1.54) is 0 Å². The van der Waals surface area contributed by atoms with E-state index in [-0.39, 0.29) is 34.1 Å². The molecule has 1 saturated heterocycles. The molecule has 1 aromatic heterocycles. The summed E-state index contributed by atoms with van der Waals surface area (Å²) in [5.41, 5.74) is 0.0879. The Morgan fingerprint density at radius 1 is 1.14 bits per heavy atom. The molecule has 1 aromatic rings. The lowest BCUT2D eigenvalue weighted by Gasteiger charge is -2.37. The minimum absolute atomic E-state index is 0.0187. The molecule has 35 heavy (non-hydrogen) atoms. The molecule has 7 heteroatoms. The number of nitrogens with zero attached hydrogens (tertiary/aromatic N) is 2. The van der Waals surface area contributed by atoms with Gasteiger partial charge in [-0.05, 0) is 91.5 Å². The first-order chi connectivity index (χ1) is 16.4. The number of carboxylic acids is 1. The summed E-state index contributed by atoms with van der Waals surface area (Å²) in [5.74, 6) is 5.37. The van der Waals surface area contributed by atoms with Gasteiger partial charge in [-0.3, -0.25) is 14.5 Å². The maximum absolute atomic E-state index is 14.1. The lowest BCUT2D eigenvalue weighted by Crippen LogP contribution is -2.53. The predicted octanol–water partition coefficient (Wildman–Crippen LogP) is 5.79. The second-order valence-electron chi connectivity index (χ2n) is 11.4. The van der Waals surface area contributed by atoms with Gasteiger partial charge in [0.05, 0.1) is 10.6 Å². The summed E-state index contributed by atoms with van der Waals surface area (Å²) in [5, 5.41) is 10.1. The number of rotatable bonds is 5. The third-order valence-corrected chi connectivity index (χ3v) is 7.99. The van der Waals surface area contributed by atoms with Crippen LogP contribution in [0, 0.1) is 29.1 Å². The van der Waals surface area contributed by atoms with E-state index in [9.17, 15) is 19.5 Å². The van der Waals surface area contributed by atoms with E-state index >= 15 is 0 Å². The van der Waals surface area contributed by atoms with E-state index in [0.29, 0.717) is 29.4 Å². The summed E-state index contributed by atoms with van der Waals surface area (Å²) in [6, 6.07) is 1.04. The molecule has 1 aliphatic heterocycles. The fourth-order valence-electron chi connectivity index (χ4n) is 4.97. The molecule has 0 radical (unpaired) electrons. The van der Waals surface area contributed by atoms with Gasteiger partial charge in [-0.2, -0.15) is 0 Å². The number of anilines is 1. The van der Waals surface area contributed by atoms with Crippen LogP contribution in [0.25, 0.3) is 0 Å². The monoisotopic (exact) mass is 500 g/mol. The molecule has 2 aliphatic rings. The first kappa shape index (κ1) is 27.3. The molecule has 1 atom stereocenters. The quantitative estimate of drug-likeness (QED) is 0.519. The Hall–Kier alpha value is -2.33. The van der Waals surface area contributed by atoms with Gasteiger partial charge in [-0.25, -0.2) is 4.79 Å². The molecule has 2 heterocycles. The molecule has 0 spiro atoms. The van der Waals surface area contributed by atoms with Crippen LogP contribution < -0.4 is 4.90 Å². The Morgan fingerprint density at radius 2 is 1.80 bits per heavy atom. The zero-order valence-corrected chi connectivity index (χ0v) is 22.8. The molecule has 2 amide bonds. The largest absolute Gasteiger partial charge is 0.477 e. The lowest BCUT2D eigenvalue weighted by atomic mass is 9.82. The standard InChI is InChI=1S/C28H40N2O4S/c1-18(2)29-16-8-7-9-22(26(29)32)30(25(31)20-12-10-19(3)11-13-20)23-17-21(14-15-28(4,5)6)35-24(23)27(33)34/h17-20,22H,7-13,16H2,1-6H3,(H,33,34)/t19-,20-,22-/m0/s1. The Morgan fingerprint density at radius 3 is 2.37 bits per heavy atom. The molecule has 0 aromatic carbocycles. The highest BCUT2D eigenvalue weighted by atomic mass is 32.1. The predicted molar refractivity (Wildman–Crippen MR) is 141 cm³/mol. The topological polar surface area (TPSA) is 77.9 Å². The first-order valence-corrected chi connectivity index (χ1v) is 13.7. The van der Waals surface area contributed by atoms with Crippen LogP contribution in [0.2, 0.25) is 0 Å². The summed E-state index contributed by atoms with van der Waals surface area (Å²) in [6.07, 6.45) is 5.71. The molecule has 1 N–H and O–H groups in total. The smallest absolute Gasteiger partial charge is 0.348 e. The van der Waals surface area contributed by atoms with Crippen molar-refractivity contribution in [2.24, 2.45) is 17.3 Å². The van der Waals surface area contributed by atoms with Crippen LogP contribution >= 0.6 is 11.3 Å². The van der Waals surface area contributed by atoms with Gasteiger partial charge < -0.3 is 10.0 Å². The van der Waals surface area contributed by atoms with Crippen LogP contribution in [-0.4, -0.2) is 46.4 Å². The van der Waals surface area contributed by atoms with Gasteiger partial charge in [0.2, 0.25) is 11.8 Å². The number of hydrogen-bond donors (Lipinski definition) is 1. The van der Waals surface area contributed by atoms with Crippen LogP contribution in [0.1, 0.15) is 101 Å². The van der Waals surface area contributed by atoms with E-state index in [1.54, 1.807) is 11.0 Å². The van der Waals surface area contributed by atoms with Gasteiger partial charge in [-0.1, -0.05) is 18.8 Å². The molecule has 1 aliphatic carbocycles. The Bertz CT molecular complexity index is 1000. The van der Waals surface area contributed by atoms with E-state index in [0.717, 1.165) is 49.9 Å². The first-order valence-electron chi connectivity index (χ1n) is 12.9. The van der Waals surface area contributed by atoms with Gasteiger partial charge in [0.25, 0.3) is 0 Å². The van der Waals surface area contributed by atoms with E-state index < -0.39 is 12.0 Å². The zero-order chi connectivity index (χ0) is 25.9. The summed E-state index contributed by atoms with van der Waals surface area (Å²) in [6.45, 7) is 12.8. The van der Waals surface area contributed by atoms with Crippen molar-refractivity contribution >= 4 is 34.8 Å². The molecule has 2 fully saturated rings. The highest BCUT2D eigenvalue weighted by molar-refractivity contribution is 7.15. The SMILES string of the molecule is CC(C)N1CCCC[C@H](N(c2cc(C#CC(C)(C)C)sc2C(=O)O)C(=O)[C@H]2CC[C@H](C)CC2)C1=O. The van der Waals surface area contributed by atoms with Crippen molar-refractivity contribution in [3.63, 3.8) is 0 Å². The molecule has 1 saturated carbocycles. The third kappa shape index (κ3) is 6.67. The van der Waals surface area contributed by atoms with Crippen LogP contribution in [-0.2, 0) is 9.59 Å². The van der Waals surface area contributed by atoms with Gasteiger partial charge in [-0.15, -0.1) is 11.3 Å². The molecule has 0 bridgehead atoms. The van der Waals surface area contributed by atoms with Gasteiger partial charge in [0.15, 0.2) is 0 Å². The van der Waals surface area contributed by atoms with Crippen molar-refractivity contribution in [3.05, 3.63) is 15.8 Å². The van der Waals surface area contributed by atoms with Crippen molar-refractivity contribution in [1.29, 1.82) is 0 Å². The van der Waals surface area contributed by atoms with Crippen molar-refractivity contribution in [1.82, 2.24) is 4.90 Å². The van der Waals surface area contributed by atoms with Gasteiger partial charge >= 0.3 is 5.97 Å². The van der Waals surface area contributed by atoms with Crippen LogP contribution in [0.15, 0.2) is 6.07 Å². The normalized spacial score (nSPS) is 23.5. The summed E-state index contributed by atoms with van der Waals surface area (Å²) in [7, 11) is 0. The Labute approximate surface area is 214 Å². The Kier molecular flexibility index (Phi) is 8.69. The van der Waals surface area contributed by atoms with Crippen LogP contribution in [0.5, 0.6) is 0 Å². The molecule has 6 nitrogen and oxygen atoms in total. The number of aromatic carboxylic acids is 1. The third-order valence-electron chi connectivity index (χ3n) is 6.96. The van der Waals surface area contributed by atoms with E-state index in [2.05, 4.69) is 18.8 Å². The Balaban J connectivity index is 2.11. The van der Waals surface area contributed by atoms with Crippen molar-refractivity contribution in [2.75, 3.05) is 11.4 Å². The number of carbonyl (C=O) groups is 3. The molecular formula is C28H40N2O4S. The van der Waals surface area contributed by atoms with Crippen molar-refractivity contribution in [3.8, 4) is 11.8 Å². The summed E-state index contributed by atoms with van der Waals surface area (Å²) >= 11 is 1.09. The van der Waals surface area contributed by atoms with Gasteiger partial charge in [0, 0.05) is 23.9 Å². The molecule has 3 rings (SSSR count). The maximum atomic E-state index is 14.1. The number of carbonyl (C=O) groups excluding carboxylic acids is 2. The summed E-state index contributed by atoms with van der Waals surface area (Å²) in [4.78, 5) is 44.2. The fraction of sp³-hybridized carbons (Fsp3) is 0.679. The highest BCUT2D eigenvalue weighted by Crippen LogP contribution is 2.38. The number of amides is 2. The average molecular weight is 501 g/mol. The molecule has 192 valence electrons. The molecular weight excluding hydrogens is 460 g/mol. The number of thiophene rings is 1. The van der Waals surface area contributed by atoms with Crippen LogP contribution in [0.4, 0.5) is 5.69 Å². The minimum atomic E-state index is -1.09. The van der Waals surface area contributed by atoms with Crippen molar-refractivity contribution < 1.29 is 19.5 Å². The average Bonchev–Trinajstić information content (AvgIpc) is 3.10. The van der Waals surface area contributed by atoms with E-state index in [4.69, 9.17) is 0 Å². The maximum Gasteiger partial charge on any atom is 0.348 e. The second kappa shape index (κ2) is 11.2. The zero-order valence-electron chi connectivity index (χ0n) is 22.0. The minimum Gasteiger partial charge on any atom is -0.477 e. The summed E-state index contributed by atoms with van der Waals surface area (Å²) < 4.78 is 0. The van der Waals surface area contributed by atoms with Gasteiger partial charge in [0.1, 0.15) is 10.9 Å². The molecule has 0 unspecified atom stereocenters. The second-order valence-corrected chi connectivity index (χ2v) is 12.5. The van der Waals surface area contributed by atoms with Crippen LogP contribution in [0.3, 0.4) is 0 Å². The fourth-order valence-corrected chi connectivity index (χ4v) is 5.81. The highest BCUT2D eigenvalue weighted by Gasteiger charge is 2.41. The number of carboxylic acid groups (broad SMARTS) is 1. The van der Waals surface area contributed by atoms with Crippen molar-refractivity contribution in [2.45, 2.75) is 98.6 Å². The number of likely N-dealkylation sites (tertiary alicyclic amines) is 1. The lowest BCUT2D eigenvalue weighted by molar-refractivity contribution is -0.136. The number of hydrogen-bond acceptors (Lipinski definition) is 4. The van der Waals surface area contributed by atoms with E-state index in [1.807, 2.05) is 39.5 Å².